The largest absolute Gasteiger partial charge is 0.307 e. The molecule has 0 unspecified atom stereocenters. The highest BCUT2D eigenvalue weighted by atomic mass is 15.2. The lowest BCUT2D eigenvalue weighted by atomic mass is 9.99. The molecule has 0 aliphatic carbocycles. The summed E-state index contributed by atoms with van der Waals surface area (Å²) < 4.78 is 4.69. The Bertz CT molecular complexity index is 3960. The number of hydrogen-bond donors (Lipinski definition) is 0. The maximum atomic E-state index is 5.45. The predicted molar refractivity (Wildman–Crippen MR) is 281 cm³/mol. The van der Waals surface area contributed by atoms with Crippen molar-refractivity contribution in [3.8, 4) is 78.9 Å². The second-order valence-corrected chi connectivity index (χ2v) is 17.2. The maximum Gasteiger partial charge on any atom is 0.238 e. The van der Waals surface area contributed by atoms with Crippen molar-refractivity contribution in [2.24, 2.45) is 0 Å². The van der Waals surface area contributed by atoms with E-state index in [0.717, 1.165) is 77.3 Å². The molecule has 0 aliphatic heterocycles. The fourth-order valence-corrected chi connectivity index (χ4v) is 9.88. The number of para-hydroxylation sites is 1. The maximum absolute atomic E-state index is 5.45. The average molecular weight is 868 g/mol. The van der Waals surface area contributed by atoms with E-state index in [0.29, 0.717) is 17.6 Å². The monoisotopic (exact) mass is 867 g/mol. The molecule has 0 radical (unpaired) electrons. The van der Waals surface area contributed by atoms with Crippen LogP contribution in [0.25, 0.3) is 123 Å². The highest BCUT2D eigenvalue weighted by Gasteiger charge is 2.24. The Balaban J connectivity index is 1.07. The van der Waals surface area contributed by atoms with Gasteiger partial charge in [0.1, 0.15) is 0 Å². The first-order valence-corrected chi connectivity index (χ1v) is 23.0. The second-order valence-electron chi connectivity index (χ2n) is 17.2. The molecule has 3 aromatic heterocycles. The van der Waals surface area contributed by atoms with Crippen LogP contribution in [-0.4, -0.2) is 24.1 Å². The first-order valence-electron chi connectivity index (χ1n) is 23.0. The van der Waals surface area contributed by atoms with E-state index in [4.69, 9.17) is 15.0 Å². The summed E-state index contributed by atoms with van der Waals surface area (Å²) in [6.07, 6.45) is 0. The van der Waals surface area contributed by atoms with Crippen LogP contribution in [-0.2, 0) is 0 Å². The van der Waals surface area contributed by atoms with Crippen LogP contribution in [0.15, 0.2) is 249 Å². The molecule has 0 amide bonds. The summed E-state index contributed by atoms with van der Waals surface area (Å²) in [4.78, 5) is 16.1. The van der Waals surface area contributed by atoms with Crippen LogP contribution in [0.1, 0.15) is 0 Å². The zero-order valence-electron chi connectivity index (χ0n) is 36.9. The minimum Gasteiger partial charge on any atom is -0.307 e. The summed E-state index contributed by atoms with van der Waals surface area (Å²) in [6.45, 7) is 0. The summed E-state index contributed by atoms with van der Waals surface area (Å²) >= 11 is 0. The molecule has 0 saturated heterocycles. The van der Waals surface area contributed by atoms with Crippen molar-refractivity contribution >= 4 is 43.6 Å². The predicted octanol–water partition coefficient (Wildman–Crippen LogP) is 16.1. The SMILES string of the molecule is c1ccc(-c2ccc(-c3ccc(-c4nc(-c5ccccc5)nc(-n5c6ccc(-c7ccccc7)cc6c6ccc7c8cc(-c9ccccc9)ccc8n(-c8ccccc8)c7c65)n4)cc3)cc2)cc1. The van der Waals surface area contributed by atoms with Gasteiger partial charge in [0.15, 0.2) is 11.6 Å². The van der Waals surface area contributed by atoms with Crippen molar-refractivity contribution < 1.29 is 0 Å². The van der Waals surface area contributed by atoms with E-state index in [1.54, 1.807) is 0 Å². The van der Waals surface area contributed by atoms with Gasteiger partial charge in [-0.15, -0.1) is 0 Å². The van der Waals surface area contributed by atoms with Gasteiger partial charge in [0.25, 0.3) is 0 Å². The standard InChI is InChI=1S/C63H41N5/c1-6-16-42(17-7-1)45-26-28-46(29-27-45)47-30-32-49(33-31-47)62-64-61(48-22-12-4-13-23-48)65-63(66-62)68-58-39-35-51(44-20-10-3-11-21-44)41-56(58)54-37-36-53-55-40-50(43-18-8-2-9-19-43)34-38-57(55)67(59(53)60(54)68)52-24-14-5-15-25-52/h1-41H. The van der Waals surface area contributed by atoms with Crippen molar-refractivity contribution in [1.82, 2.24) is 24.1 Å². The Morgan fingerprint density at radius 3 is 1.01 bits per heavy atom. The molecule has 68 heavy (non-hydrogen) atoms. The van der Waals surface area contributed by atoms with E-state index in [-0.39, 0.29) is 0 Å². The van der Waals surface area contributed by atoms with Gasteiger partial charge in [-0.2, -0.15) is 9.97 Å². The first-order chi connectivity index (χ1) is 33.7. The van der Waals surface area contributed by atoms with Crippen LogP contribution in [0.3, 0.4) is 0 Å². The smallest absolute Gasteiger partial charge is 0.238 e. The summed E-state index contributed by atoms with van der Waals surface area (Å²) in [5.74, 6) is 1.74. The Kier molecular flexibility index (Phi) is 9.43. The topological polar surface area (TPSA) is 48.5 Å². The van der Waals surface area contributed by atoms with Crippen molar-refractivity contribution in [2.45, 2.75) is 0 Å². The van der Waals surface area contributed by atoms with Crippen molar-refractivity contribution in [1.29, 1.82) is 0 Å². The molecule has 10 aromatic carbocycles. The van der Waals surface area contributed by atoms with Gasteiger partial charge in [0.2, 0.25) is 5.95 Å². The van der Waals surface area contributed by atoms with Crippen molar-refractivity contribution in [3.63, 3.8) is 0 Å². The molecule has 3 heterocycles. The molecule has 0 N–H and O–H groups in total. The third-order valence-electron chi connectivity index (χ3n) is 13.2. The highest BCUT2D eigenvalue weighted by molar-refractivity contribution is 6.24. The van der Waals surface area contributed by atoms with Crippen LogP contribution in [0.5, 0.6) is 0 Å². The molecule has 0 atom stereocenters. The Hall–Kier alpha value is -9.19. The number of hydrogen-bond acceptors (Lipinski definition) is 3. The van der Waals surface area contributed by atoms with Gasteiger partial charge in [-0.05, 0) is 80.9 Å². The quantitative estimate of drug-likeness (QED) is 0.153. The lowest BCUT2D eigenvalue weighted by molar-refractivity contribution is 0.953. The molecule has 318 valence electrons. The second kappa shape index (κ2) is 16.4. The lowest BCUT2D eigenvalue weighted by Crippen LogP contribution is -2.07. The Morgan fingerprint density at radius 2 is 0.559 bits per heavy atom. The molecule has 13 rings (SSSR count). The average Bonchev–Trinajstić information content (AvgIpc) is 3.94. The number of benzene rings is 10. The zero-order chi connectivity index (χ0) is 45.0. The van der Waals surface area contributed by atoms with E-state index in [1.807, 2.05) is 24.3 Å². The summed E-state index contributed by atoms with van der Waals surface area (Å²) in [6, 6.07) is 88.2. The van der Waals surface area contributed by atoms with Crippen molar-refractivity contribution in [3.05, 3.63) is 249 Å². The summed E-state index contributed by atoms with van der Waals surface area (Å²) in [5.41, 5.74) is 16.4. The summed E-state index contributed by atoms with van der Waals surface area (Å²) in [7, 11) is 0. The summed E-state index contributed by atoms with van der Waals surface area (Å²) in [5, 5.41) is 4.54. The number of fused-ring (bicyclic) bond motifs is 7. The number of aromatic nitrogens is 5. The van der Waals surface area contributed by atoms with Crippen molar-refractivity contribution in [2.75, 3.05) is 0 Å². The normalized spacial score (nSPS) is 11.5. The van der Waals surface area contributed by atoms with Gasteiger partial charge in [0.05, 0.1) is 22.1 Å². The molecule has 0 fully saturated rings. The van der Waals surface area contributed by atoms with Crippen LogP contribution in [0.2, 0.25) is 0 Å². The molecule has 0 saturated carbocycles. The van der Waals surface area contributed by atoms with Gasteiger partial charge >= 0.3 is 0 Å². The zero-order valence-corrected chi connectivity index (χ0v) is 36.9. The van der Waals surface area contributed by atoms with E-state index in [2.05, 4.69) is 234 Å². The van der Waals surface area contributed by atoms with Gasteiger partial charge < -0.3 is 4.57 Å². The first kappa shape index (κ1) is 39.2. The Morgan fingerprint density at radius 1 is 0.235 bits per heavy atom. The van der Waals surface area contributed by atoms with E-state index in [9.17, 15) is 0 Å². The van der Waals surface area contributed by atoms with E-state index >= 15 is 0 Å². The van der Waals surface area contributed by atoms with Crippen LogP contribution in [0.4, 0.5) is 0 Å². The van der Waals surface area contributed by atoms with E-state index < -0.39 is 0 Å². The van der Waals surface area contributed by atoms with Gasteiger partial charge in [-0.3, -0.25) is 4.57 Å². The van der Waals surface area contributed by atoms with Crippen LogP contribution >= 0.6 is 0 Å². The highest BCUT2D eigenvalue weighted by Crippen LogP contribution is 2.43. The van der Waals surface area contributed by atoms with Gasteiger partial charge in [-0.25, -0.2) is 4.98 Å². The van der Waals surface area contributed by atoms with Gasteiger partial charge in [-0.1, -0.05) is 212 Å². The molecular weight excluding hydrogens is 827 g/mol. The molecule has 13 aromatic rings. The molecule has 0 bridgehead atoms. The van der Waals surface area contributed by atoms with Gasteiger partial charge in [0, 0.05) is 38.4 Å². The van der Waals surface area contributed by atoms with Crippen LogP contribution in [0, 0.1) is 0 Å². The number of nitrogens with zero attached hydrogens (tertiary/aromatic N) is 5. The third-order valence-corrected chi connectivity index (χ3v) is 13.2. The molecular formula is C63H41N5. The minimum absolute atomic E-state index is 0.546. The molecule has 5 heteroatoms. The minimum atomic E-state index is 0.546. The van der Waals surface area contributed by atoms with Crippen LogP contribution < -0.4 is 0 Å². The number of rotatable bonds is 8. The lowest BCUT2D eigenvalue weighted by Gasteiger charge is -2.13. The fourth-order valence-electron chi connectivity index (χ4n) is 9.88. The molecule has 5 nitrogen and oxygen atoms in total. The fraction of sp³-hybridized carbons (Fsp3) is 0. The molecule has 0 spiro atoms. The Labute approximate surface area is 393 Å². The van der Waals surface area contributed by atoms with E-state index in [1.165, 1.54) is 27.6 Å². The third kappa shape index (κ3) is 6.76. The molecule has 0 aliphatic rings.